The van der Waals surface area contributed by atoms with E-state index in [0.717, 1.165) is 27.9 Å². The van der Waals surface area contributed by atoms with Gasteiger partial charge in [-0.15, -0.1) is 0 Å². The summed E-state index contributed by atoms with van der Waals surface area (Å²) in [6, 6.07) is 18.1. The Labute approximate surface area is 162 Å². The molecule has 7 heteroatoms. The van der Waals surface area contributed by atoms with Crippen LogP contribution >= 0.6 is 11.6 Å². The summed E-state index contributed by atoms with van der Waals surface area (Å²) in [4.78, 5) is 4.09. The van der Waals surface area contributed by atoms with Gasteiger partial charge in [-0.2, -0.15) is 0 Å². The topological polar surface area (TPSA) is 59.6 Å². The highest BCUT2D eigenvalue weighted by Gasteiger charge is 2.21. The monoisotopic (exact) mass is 378 g/mol. The van der Waals surface area contributed by atoms with Crippen LogP contribution in [0, 0.1) is 5.82 Å². The molecule has 0 atom stereocenters. The van der Waals surface area contributed by atoms with Crippen LogP contribution in [-0.4, -0.2) is 13.4 Å². The number of nitrogens with one attached hydrogen (secondary N) is 1. The van der Waals surface area contributed by atoms with Crippen molar-refractivity contribution in [2.45, 2.75) is 6.61 Å². The number of benzene rings is 3. The first-order valence-corrected chi connectivity index (χ1v) is 8.72. The molecule has 3 N–H and O–H groups in total. The largest absolute Gasteiger partial charge is 0.488 e. The fraction of sp³-hybridized carbons (Fsp3) is 0.0500. The highest BCUT2D eigenvalue weighted by molar-refractivity contribution is 6.45. The molecule has 4 nitrogen and oxygen atoms in total. The Morgan fingerprint density at radius 1 is 1.11 bits per heavy atom. The van der Waals surface area contributed by atoms with E-state index in [4.69, 9.17) is 22.1 Å². The van der Waals surface area contributed by atoms with Gasteiger partial charge in [-0.3, -0.25) is 0 Å². The average molecular weight is 379 g/mol. The molecule has 0 saturated carbocycles. The van der Waals surface area contributed by atoms with Crippen molar-refractivity contribution in [1.82, 2.24) is 0 Å². The molecule has 0 aliphatic carbocycles. The second-order valence-corrected chi connectivity index (χ2v) is 6.46. The molecule has 0 bridgehead atoms. The van der Waals surface area contributed by atoms with Gasteiger partial charge in [0, 0.05) is 16.8 Å². The summed E-state index contributed by atoms with van der Waals surface area (Å²) in [6.07, 6.45) is 0. The molecule has 0 spiro atoms. The van der Waals surface area contributed by atoms with Gasteiger partial charge < -0.3 is 20.6 Å². The van der Waals surface area contributed by atoms with Gasteiger partial charge in [0.15, 0.2) is 0 Å². The van der Waals surface area contributed by atoms with Crippen LogP contribution < -0.4 is 15.7 Å². The first kappa shape index (κ1) is 17.4. The van der Waals surface area contributed by atoms with Crippen molar-refractivity contribution in [3.63, 3.8) is 0 Å². The summed E-state index contributed by atoms with van der Waals surface area (Å²) in [5, 5.41) is 3.17. The molecule has 3 aromatic carbocycles. The fourth-order valence-corrected chi connectivity index (χ4v) is 3.16. The first-order valence-electron chi connectivity index (χ1n) is 8.34. The molecule has 0 aromatic heterocycles. The fourth-order valence-electron chi connectivity index (χ4n) is 2.98. The second-order valence-electron chi connectivity index (χ2n) is 6.05. The normalized spacial score (nSPS) is 12.4. The molecule has 1 heterocycles. The molecule has 0 saturated heterocycles. The summed E-state index contributed by atoms with van der Waals surface area (Å²) in [5.74, 6) is 0.557. The molecular formula is C20H15BClFN3O. The standard InChI is InChI=1S/C20H15BClFN3O/c22-15-10-13(6-8-16(15)23)18-17(27-11-12-4-2-1-3-5-12)9-7-14-19(18)25-21-26-20(14)24/h1-10,25H,11H2,(H2,24,26). The Bertz CT molecular complexity index is 1030. The molecule has 0 fully saturated rings. The minimum Gasteiger partial charge on any atom is -0.488 e. The van der Waals surface area contributed by atoms with Gasteiger partial charge >= 0.3 is 7.55 Å². The van der Waals surface area contributed by atoms with Crippen molar-refractivity contribution in [2.24, 2.45) is 10.6 Å². The minimum atomic E-state index is -0.474. The van der Waals surface area contributed by atoms with Crippen LogP contribution in [0.15, 0.2) is 65.6 Å². The lowest BCUT2D eigenvalue weighted by atomic mass is 9.93. The summed E-state index contributed by atoms with van der Waals surface area (Å²) in [6.45, 7) is 0.398. The van der Waals surface area contributed by atoms with Gasteiger partial charge in [0.05, 0.1) is 5.02 Å². The Morgan fingerprint density at radius 2 is 1.93 bits per heavy atom. The highest BCUT2D eigenvalue weighted by atomic mass is 35.5. The van der Waals surface area contributed by atoms with Crippen LogP contribution in [0.3, 0.4) is 0 Å². The van der Waals surface area contributed by atoms with Gasteiger partial charge in [-0.05, 0) is 35.4 Å². The Kier molecular flexibility index (Phi) is 4.73. The number of halogens is 2. The van der Waals surface area contributed by atoms with Crippen LogP contribution in [0.2, 0.25) is 5.02 Å². The molecular weight excluding hydrogens is 364 g/mol. The molecule has 1 aliphatic rings. The third kappa shape index (κ3) is 3.48. The van der Waals surface area contributed by atoms with E-state index in [-0.39, 0.29) is 5.02 Å². The van der Waals surface area contributed by atoms with E-state index in [0.29, 0.717) is 18.2 Å². The predicted molar refractivity (Wildman–Crippen MR) is 108 cm³/mol. The maximum atomic E-state index is 13.7. The van der Waals surface area contributed by atoms with Crippen LogP contribution in [0.1, 0.15) is 11.1 Å². The maximum absolute atomic E-state index is 13.7. The van der Waals surface area contributed by atoms with E-state index in [9.17, 15) is 4.39 Å². The van der Waals surface area contributed by atoms with Crippen molar-refractivity contribution in [3.8, 4) is 16.9 Å². The van der Waals surface area contributed by atoms with E-state index < -0.39 is 5.82 Å². The predicted octanol–water partition coefficient (Wildman–Crippen LogP) is 4.39. The SMILES string of the molecule is NC1=N[B]Nc2c1ccc(OCc1ccccc1)c2-c1ccc(F)c(Cl)c1. The lowest BCUT2D eigenvalue weighted by molar-refractivity contribution is 0.307. The van der Waals surface area contributed by atoms with Crippen LogP contribution in [-0.2, 0) is 6.61 Å². The minimum absolute atomic E-state index is 0.0422. The summed E-state index contributed by atoms with van der Waals surface area (Å²) in [7, 11) is 1.52. The van der Waals surface area contributed by atoms with Crippen LogP contribution in [0.25, 0.3) is 11.1 Å². The van der Waals surface area contributed by atoms with Gasteiger partial charge in [0.25, 0.3) is 0 Å². The van der Waals surface area contributed by atoms with Gasteiger partial charge in [-0.25, -0.2) is 4.39 Å². The van der Waals surface area contributed by atoms with Crippen molar-refractivity contribution in [2.75, 3.05) is 5.23 Å². The second kappa shape index (κ2) is 7.33. The average Bonchev–Trinajstić information content (AvgIpc) is 2.69. The Balaban J connectivity index is 1.81. The zero-order chi connectivity index (χ0) is 18.8. The zero-order valence-corrected chi connectivity index (χ0v) is 15.0. The molecule has 0 unspecified atom stereocenters. The smallest absolute Gasteiger partial charge is 0.410 e. The van der Waals surface area contributed by atoms with E-state index >= 15 is 0 Å². The van der Waals surface area contributed by atoms with E-state index in [1.54, 1.807) is 12.1 Å². The number of amidine groups is 1. The van der Waals surface area contributed by atoms with E-state index in [1.807, 2.05) is 42.5 Å². The number of ether oxygens (including phenoxy) is 1. The molecule has 1 radical (unpaired) electrons. The quantitative estimate of drug-likeness (QED) is 0.662. The first-order chi connectivity index (χ1) is 13.1. The van der Waals surface area contributed by atoms with Gasteiger partial charge in [-0.1, -0.05) is 48.0 Å². The summed E-state index contributed by atoms with van der Waals surface area (Å²) >= 11 is 6.01. The van der Waals surface area contributed by atoms with Crippen molar-refractivity contribution >= 4 is 30.7 Å². The molecule has 0 amide bonds. The van der Waals surface area contributed by atoms with E-state index in [2.05, 4.69) is 10.1 Å². The molecule has 4 rings (SSSR count). The number of hydrogen-bond acceptors (Lipinski definition) is 4. The number of rotatable bonds is 4. The molecule has 27 heavy (non-hydrogen) atoms. The van der Waals surface area contributed by atoms with Crippen molar-refractivity contribution < 1.29 is 9.13 Å². The van der Waals surface area contributed by atoms with E-state index in [1.165, 1.54) is 13.6 Å². The number of fused-ring (bicyclic) bond motifs is 1. The molecule has 1 aliphatic heterocycles. The number of nitrogens with zero attached hydrogens (tertiary/aromatic N) is 1. The molecule has 133 valence electrons. The third-order valence-electron chi connectivity index (χ3n) is 4.30. The van der Waals surface area contributed by atoms with Crippen molar-refractivity contribution in [1.29, 1.82) is 0 Å². The lowest BCUT2D eigenvalue weighted by Gasteiger charge is -2.22. The Hall–Kier alpha value is -2.99. The van der Waals surface area contributed by atoms with Gasteiger partial charge in [0.2, 0.25) is 0 Å². The third-order valence-corrected chi connectivity index (χ3v) is 4.59. The van der Waals surface area contributed by atoms with Crippen LogP contribution in [0.5, 0.6) is 5.75 Å². The molecule has 3 aromatic rings. The van der Waals surface area contributed by atoms with Crippen molar-refractivity contribution in [3.05, 3.63) is 82.6 Å². The van der Waals surface area contributed by atoms with Gasteiger partial charge in [0.1, 0.15) is 24.0 Å². The summed E-state index contributed by atoms with van der Waals surface area (Å²) < 4.78 is 19.7. The van der Waals surface area contributed by atoms with Crippen LogP contribution in [0.4, 0.5) is 10.1 Å². The Morgan fingerprint density at radius 3 is 2.70 bits per heavy atom. The lowest BCUT2D eigenvalue weighted by Crippen LogP contribution is -2.25. The number of hydrogen-bond donors (Lipinski definition) is 2. The number of nitrogens with two attached hydrogens (primary N) is 1. The number of anilines is 1. The maximum Gasteiger partial charge on any atom is 0.410 e. The zero-order valence-electron chi connectivity index (χ0n) is 14.2. The summed E-state index contributed by atoms with van der Waals surface area (Å²) in [5.41, 5.74) is 10.0. The highest BCUT2D eigenvalue weighted by Crippen LogP contribution is 2.41.